The van der Waals surface area contributed by atoms with Crippen molar-refractivity contribution in [2.24, 2.45) is 0 Å². The minimum absolute atomic E-state index is 0.0132. The van der Waals surface area contributed by atoms with E-state index in [9.17, 15) is 9.59 Å². The molecule has 1 amide bonds. The van der Waals surface area contributed by atoms with Crippen LogP contribution < -0.4 is 11.1 Å². The molecule has 6 nitrogen and oxygen atoms in total. The number of para-hydroxylation sites is 1. The van der Waals surface area contributed by atoms with Crippen molar-refractivity contribution in [3.63, 3.8) is 0 Å². The highest BCUT2D eigenvalue weighted by molar-refractivity contribution is 7.09. The van der Waals surface area contributed by atoms with Crippen molar-refractivity contribution in [2.45, 2.75) is 20.0 Å². The van der Waals surface area contributed by atoms with Gasteiger partial charge < -0.3 is 15.8 Å². The molecule has 0 saturated heterocycles. The van der Waals surface area contributed by atoms with Crippen molar-refractivity contribution >= 4 is 46.2 Å². The first-order valence-corrected chi connectivity index (χ1v) is 9.69. The first-order chi connectivity index (χ1) is 13.4. The van der Waals surface area contributed by atoms with Gasteiger partial charge in [-0.1, -0.05) is 29.8 Å². The molecule has 144 valence electrons. The van der Waals surface area contributed by atoms with Gasteiger partial charge in [0.1, 0.15) is 11.6 Å². The third kappa shape index (κ3) is 5.09. The van der Waals surface area contributed by atoms with Crippen molar-refractivity contribution in [3.05, 3.63) is 74.7 Å². The Morgan fingerprint density at radius 2 is 2.04 bits per heavy atom. The Hall–Kier alpha value is -2.90. The van der Waals surface area contributed by atoms with Crippen LogP contribution in [0.15, 0.2) is 47.8 Å². The second kappa shape index (κ2) is 8.86. The van der Waals surface area contributed by atoms with Crippen LogP contribution in [0.4, 0.5) is 11.4 Å². The van der Waals surface area contributed by atoms with Crippen LogP contribution in [0.25, 0.3) is 0 Å². The molecule has 1 aromatic heterocycles. The van der Waals surface area contributed by atoms with E-state index < -0.39 is 5.97 Å². The normalized spacial score (nSPS) is 10.5. The molecule has 0 aliphatic rings. The van der Waals surface area contributed by atoms with Crippen molar-refractivity contribution in [1.82, 2.24) is 4.98 Å². The molecule has 0 spiro atoms. The van der Waals surface area contributed by atoms with E-state index in [1.54, 1.807) is 17.5 Å². The maximum absolute atomic E-state index is 12.2. The topological polar surface area (TPSA) is 94.3 Å². The molecule has 0 fully saturated rings. The van der Waals surface area contributed by atoms with E-state index in [4.69, 9.17) is 22.1 Å². The largest absolute Gasteiger partial charge is 0.455 e. The maximum Gasteiger partial charge on any atom is 0.340 e. The highest BCUT2D eigenvalue weighted by atomic mass is 35.5. The molecule has 0 atom stereocenters. The van der Waals surface area contributed by atoms with Crippen LogP contribution in [0.2, 0.25) is 5.02 Å². The maximum atomic E-state index is 12.2. The molecule has 2 aromatic carbocycles. The number of amides is 1. The minimum Gasteiger partial charge on any atom is -0.455 e. The second-order valence-corrected chi connectivity index (χ2v) is 7.46. The fraction of sp³-hybridized carbons (Fsp3) is 0.150. The number of hydrogen-bond acceptors (Lipinski definition) is 6. The summed E-state index contributed by atoms with van der Waals surface area (Å²) in [6.07, 6.45) is 0.147. The third-order valence-corrected chi connectivity index (χ3v) is 5.05. The average Bonchev–Trinajstić information content (AvgIpc) is 3.11. The Morgan fingerprint density at radius 1 is 1.25 bits per heavy atom. The summed E-state index contributed by atoms with van der Waals surface area (Å²) in [5.41, 5.74) is 8.61. The number of carbonyl (C=O) groups is 2. The van der Waals surface area contributed by atoms with Gasteiger partial charge in [0.15, 0.2) is 0 Å². The highest BCUT2D eigenvalue weighted by Gasteiger charge is 2.14. The molecule has 28 heavy (non-hydrogen) atoms. The predicted octanol–water partition coefficient (Wildman–Crippen LogP) is 4.23. The van der Waals surface area contributed by atoms with E-state index in [1.165, 1.54) is 17.4 Å². The fourth-order valence-corrected chi connectivity index (χ4v) is 3.41. The third-order valence-electron chi connectivity index (χ3n) is 3.92. The van der Waals surface area contributed by atoms with Gasteiger partial charge in [-0.25, -0.2) is 9.78 Å². The highest BCUT2D eigenvalue weighted by Crippen LogP contribution is 2.20. The van der Waals surface area contributed by atoms with Crippen molar-refractivity contribution in [1.29, 1.82) is 0 Å². The van der Waals surface area contributed by atoms with Crippen LogP contribution in [0, 0.1) is 6.92 Å². The number of hydrogen-bond donors (Lipinski definition) is 2. The molecular weight excluding hydrogens is 398 g/mol. The van der Waals surface area contributed by atoms with Gasteiger partial charge in [0.2, 0.25) is 5.91 Å². The first kappa shape index (κ1) is 19.9. The first-order valence-electron chi connectivity index (χ1n) is 8.43. The van der Waals surface area contributed by atoms with Gasteiger partial charge in [-0.05, 0) is 36.8 Å². The van der Waals surface area contributed by atoms with Crippen LogP contribution in [0.1, 0.15) is 26.6 Å². The lowest BCUT2D eigenvalue weighted by Crippen LogP contribution is -2.15. The summed E-state index contributed by atoms with van der Waals surface area (Å²) in [5.74, 6) is -0.731. The Morgan fingerprint density at radius 3 is 2.82 bits per heavy atom. The van der Waals surface area contributed by atoms with Crippen molar-refractivity contribution in [3.8, 4) is 0 Å². The number of ether oxygens (including phenoxy) is 1. The number of thiazole rings is 1. The summed E-state index contributed by atoms with van der Waals surface area (Å²) < 4.78 is 5.25. The van der Waals surface area contributed by atoms with Gasteiger partial charge >= 0.3 is 5.97 Å². The summed E-state index contributed by atoms with van der Waals surface area (Å²) in [4.78, 5) is 28.7. The number of rotatable bonds is 6. The number of aryl methyl sites for hydroxylation is 1. The number of aromatic nitrogens is 1. The summed E-state index contributed by atoms with van der Waals surface area (Å²) in [5, 5.41) is 5.66. The predicted molar refractivity (Wildman–Crippen MR) is 111 cm³/mol. The molecule has 3 N–H and O–H groups in total. The number of nitrogen functional groups attached to an aromatic ring is 1. The van der Waals surface area contributed by atoms with E-state index in [-0.39, 0.29) is 24.5 Å². The number of benzene rings is 2. The van der Waals surface area contributed by atoms with Crippen LogP contribution in [0.3, 0.4) is 0 Å². The molecule has 0 radical (unpaired) electrons. The van der Waals surface area contributed by atoms with E-state index in [0.717, 1.165) is 11.3 Å². The monoisotopic (exact) mass is 415 g/mol. The molecule has 0 unspecified atom stereocenters. The molecule has 0 aliphatic carbocycles. The quantitative estimate of drug-likeness (QED) is 0.464. The van der Waals surface area contributed by atoms with Crippen LogP contribution in [-0.4, -0.2) is 16.9 Å². The van der Waals surface area contributed by atoms with E-state index in [1.807, 2.05) is 31.2 Å². The minimum atomic E-state index is -0.577. The lowest BCUT2D eigenvalue weighted by molar-refractivity contribution is -0.115. The van der Waals surface area contributed by atoms with Crippen LogP contribution in [0.5, 0.6) is 0 Å². The standard InChI is InChI=1S/C20H18ClN3O3S/c1-12-4-2-3-5-17(12)24-18(25)9-19-23-14(11-28-19)10-27-20(26)15-8-13(21)6-7-16(15)22/h2-8,11H,9-10,22H2,1H3,(H,24,25). The van der Waals surface area contributed by atoms with Gasteiger partial charge in [-0.2, -0.15) is 0 Å². The van der Waals surface area contributed by atoms with Gasteiger partial charge in [-0.15, -0.1) is 11.3 Å². The van der Waals surface area contributed by atoms with Gasteiger partial charge in [-0.3, -0.25) is 4.79 Å². The number of halogens is 1. The molecule has 0 bridgehead atoms. The van der Waals surface area contributed by atoms with Gasteiger partial charge in [0, 0.05) is 21.8 Å². The Balaban J connectivity index is 1.55. The number of carbonyl (C=O) groups excluding carboxylic acids is 2. The zero-order valence-corrected chi connectivity index (χ0v) is 16.6. The zero-order valence-electron chi connectivity index (χ0n) is 15.1. The summed E-state index contributed by atoms with van der Waals surface area (Å²) in [6, 6.07) is 12.2. The lowest BCUT2D eigenvalue weighted by atomic mass is 10.2. The number of nitrogens with one attached hydrogen (secondary N) is 1. The fourth-order valence-electron chi connectivity index (χ4n) is 2.46. The number of nitrogens with zero attached hydrogens (tertiary/aromatic N) is 1. The SMILES string of the molecule is Cc1ccccc1NC(=O)Cc1nc(COC(=O)c2cc(Cl)ccc2N)cs1. The van der Waals surface area contributed by atoms with E-state index >= 15 is 0 Å². The molecule has 1 heterocycles. The number of anilines is 2. The summed E-state index contributed by atoms with van der Waals surface area (Å²) in [7, 11) is 0. The van der Waals surface area contributed by atoms with E-state index in [0.29, 0.717) is 21.4 Å². The summed E-state index contributed by atoms with van der Waals surface area (Å²) >= 11 is 7.22. The van der Waals surface area contributed by atoms with Crippen LogP contribution >= 0.6 is 22.9 Å². The van der Waals surface area contributed by atoms with Gasteiger partial charge in [0.05, 0.1) is 17.7 Å². The lowest BCUT2D eigenvalue weighted by Gasteiger charge is -2.07. The smallest absolute Gasteiger partial charge is 0.340 e. The molecule has 0 saturated carbocycles. The Kier molecular flexibility index (Phi) is 6.28. The van der Waals surface area contributed by atoms with Crippen LogP contribution in [-0.2, 0) is 22.6 Å². The molecule has 3 rings (SSSR count). The van der Waals surface area contributed by atoms with Gasteiger partial charge in [0.25, 0.3) is 0 Å². The molecule has 8 heteroatoms. The van der Waals surface area contributed by atoms with Crippen molar-refractivity contribution < 1.29 is 14.3 Å². The average molecular weight is 416 g/mol. The van der Waals surface area contributed by atoms with Crippen molar-refractivity contribution in [2.75, 3.05) is 11.1 Å². The molecule has 0 aliphatic heterocycles. The Labute approximate surface area is 171 Å². The Bertz CT molecular complexity index is 1020. The molecular formula is C20H18ClN3O3S. The zero-order chi connectivity index (χ0) is 20.1. The summed E-state index contributed by atoms with van der Waals surface area (Å²) in [6.45, 7) is 1.92. The molecule has 3 aromatic rings. The second-order valence-electron chi connectivity index (χ2n) is 6.08. The van der Waals surface area contributed by atoms with E-state index in [2.05, 4.69) is 10.3 Å². The number of nitrogens with two attached hydrogens (primary N) is 1. The number of esters is 1.